The Morgan fingerprint density at radius 1 is 1.42 bits per heavy atom. The molecule has 1 N–H and O–H groups in total. The molecule has 0 aromatic heterocycles. The molecule has 1 amide bonds. The molecule has 0 bridgehead atoms. The van der Waals surface area contributed by atoms with Gasteiger partial charge in [0.2, 0.25) is 5.91 Å². The third-order valence-electron chi connectivity index (χ3n) is 2.01. The molecule has 3 nitrogen and oxygen atoms in total. The molecule has 0 saturated carbocycles. The van der Waals surface area contributed by atoms with Gasteiger partial charge in [-0.25, -0.2) is 4.39 Å². The maximum Gasteiger partial charge on any atom is 0.236 e. The number of nitrogens with one attached hydrogen (secondary N) is 1. The van der Waals surface area contributed by atoms with Crippen molar-refractivity contribution in [3.05, 3.63) is 0 Å². The Morgan fingerprint density at radius 3 is 2.67 bits per heavy atom. The Hall–Kier alpha value is -0.640. The number of rotatable bonds is 4. The van der Waals surface area contributed by atoms with E-state index in [-0.39, 0.29) is 19.0 Å². The first-order chi connectivity index (χ1) is 5.84. The first-order valence-electron chi connectivity index (χ1n) is 4.39. The minimum atomic E-state index is -0.409. The van der Waals surface area contributed by atoms with E-state index < -0.39 is 6.67 Å². The van der Waals surface area contributed by atoms with Crippen molar-refractivity contribution in [3.8, 4) is 0 Å². The van der Waals surface area contributed by atoms with Gasteiger partial charge in [0.05, 0.1) is 6.54 Å². The molecule has 1 aliphatic rings. The van der Waals surface area contributed by atoms with Crippen molar-refractivity contribution < 1.29 is 9.18 Å². The van der Waals surface area contributed by atoms with Gasteiger partial charge in [-0.1, -0.05) is 0 Å². The zero-order chi connectivity index (χ0) is 8.81. The van der Waals surface area contributed by atoms with Crippen LogP contribution in [-0.2, 0) is 4.79 Å². The van der Waals surface area contributed by atoms with E-state index in [4.69, 9.17) is 0 Å². The summed E-state index contributed by atoms with van der Waals surface area (Å²) in [5, 5.41) is 2.75. The highest BCUT2D eigenvalue weighted by molar-refractivity contribution is 5.78. The van der Waals surface area contributed by atoms with Gasteiger partial charge in [0.1, 0.15) is 6.67 Å². The van der Waals surface area contributed by atoms with E-state index in [2.05, 4.69) is 5.32 Å². The van der Waals surface area contributed by atoms with E-state index in [1.54, 1.807) is 0 Å². The van der Waals surface area contributed by atoms with Gasteiger partial charge in [0.25, 0.3) is 0 Å². The van der Waals surface area contributed by atoms with Crippen molar-refractivity contribution >= 4 is 5.91 Å². The molecule has 1 rings (SSSR count). The molecule has 0 unspecified atom stereocenters. The molecule has 0 aromatic carbocycles. The van der Waals surface area contributed by atoms with Crippen LogP contribution < -0.4 is 5.32 Å². The summed E-state index contributed by atoms with van der Waals surface area (Å²) in [6.07, 6.45) is 2.21. The van der Waals surface area contributed by atoms with Crippen molar-refractivity contribution in [2.45, 2.75) is 12.8 Å². The molecule has 1 saturated heterocycles. The molecule has 12 heavy (non-hydrogen) atoms. The molecular formula is C8H15FN2O. The predicted octanol–water partition coefficient (Wildman–Crippen LogP) is 0.168. The topological polar surface area (TPSA) is 32.3 Å². The lowest BCUT2D eigenvalue weighted by Gasteiger charge is -2.14. The van der Waals surface area contributed by atoms with Crippen molar-refractivity contribution in [1.82, 2.24) is 10.2 Å². The summed E-state index contributed by atoms with van der Waals surface area (Å²) in [6, 6.07) is 0. The Morgan fingerprint density at radius 2 is 2.08 bits per heavy atom. The van der Waals surface area contributed by atoms with Crippen molar-refractivity contribution in [2.24, 2.45) is 0 Å². The van der Waals surface area contributed by atoms with Crippen LogP contribution in [0.4, 0.5) is 4.39 Å². The number of carbonyl (C=O) groups is 1. The number of hydrogen-bond acceptors (Lipinski definition) is 2. The molecule has 0 aliphatic carbocycles. The minimum absolute atomic E-state index is 0.0981. The fraction of sp³-hybridized carbons (Fsp3) is 0.875. The number of alkyl halides is 1. The van der Waals surface area contributed by atoms with E-state index in [0.717, 1.165) is 25.9 Å². The molecule has 0 radical (unpaired) electrons. The molecule has 4 heteroatoms. The number of halogens is 1. The van der Waals surface area contributed by atoms with Gasteiger partial charge in [0.15, 0.2) is 0 Å². The molecular weight excluding hydrogens is 159 g/mol. The van der Waals surface area contributed by atoms with Gasteiger partial charge < -0.3 is 10.2 Å². The largest absolute Gasteiger partial charge is 0.342 e. The molecule has 70 valence electrons. The fourth-order valence-corrected chi connectivity index (χ4v) is 1.34. The number of hydrogen-bond donors (Lipinski definition) is 1. The van der Waals surface area contributed by atoms with Crippen molar-refractivity contribution in [3.63, 3.8) is 0 Å². The SMILES string of the molecule is O=C(CNCCF)N1CCCC1. The lowest BCUT2D eigenvalue weighted by molar-refractivity contribution is -0.129. The lowest BCUT2D eigenvalue weighted by Crippen LogP contribution is -2.36. The Balaban J connectivity index is 2.10. The second-order valence-corrected chi connectivity index (χ2v) is 2.95. The normalized spacial score (nSPS) is 16.9. The highest BCUT2D eigenvalue weighted by Crippen LogP contribution is 2.06. The highest BCUT2D eigenvalue weighted by Gasteiger charge is 2.16. The summed E-state index contributed by atoms with van der Waals surface area (Å²) in [7, 11) is 0. The number of likely N-dealkylation sites (tertiary alicyclic amines) is 1. The van der Waals surface area contributed by atoms with E-state index in [1.165, 1.54) is 0 Å². The van der Waals surface area contributed by atoms with E-state index in [9.17, 15) is 9.18 Å². The maximum atomic E-state index is 11.6. The van der Waals surface area contributed by atoms with Gasteiger partial charge in [-0.15, -0.1) is 0 Å². The third-order valence-corrected chi connectivity index (χ3v) is 2.01. The van der Waals surface area contributed by atoms with Crippen molar-refractivity contribution in [2.75, 3.05) is 32.9 Å². The standard InChI is InChI=1S/C8H15FN2O/c9-3-4-10-7-8(12)11-5-1-2-6-11/h10H,1-7H2. The van der Waals surface area contributed by atoms with E-state index >= 15 is 0 Å². The van der Waals surface area contributed by atoms with Crippen LogP contribution in [-0.4, -0.2) is 43.7 Å². The molecule has 1 fully saturated rings. The molecule has 1 heterocycles. The number of nitrogens with zero attached hydrogens (tertiary/aromatic N) is 1. The molecule has 1 aliphatic heterocycles. The van der Waals surface area contributed by atoms with Gasteiger partial charge in [-0.3, -0.25) is 4.79 Å². The summed E-state index contributed by atoms with van der Waals surface area (Å²) < 4.78 is 11.6. The van der Waals surface area contributed by atoms with Crippen LogP contribution in [0.1, 0.15) is 12.8 Å². The second-order valence-electron chi connectivity index (χ2n) is 2.95. The number of amides is 1. The molecule has 0 spiro atoms. The zero-order valence-electron chi connectivity index (χ0n) is 7.18. The van der Waals surface area contributed by atoms with Gasteiger partial charge in [-0.2, -0.15) is 0 Å². The van der Waals surface area contributed by atoms with E-state index in [0.29, 0.717) is 0 Å². The van der Waals surface area contributed by atoms with Crippen LogP contribution >= 0.6 is 0 Å². The van der Waals surface area contributed by atoms with E-state index in [1.807, 2.05) is 4.90 Å². The van der Waals surface area contributed by atoms with Gasteiger partial charge >= 0.3 is 0 Å². The van der Waals surface area contributed by atoms with Crippen LogP contribution in [0.5, 0.6) is 0 Å². The first-order valence-corrected chi connectivity index (χ1v) is 4.39. The summed E-state index contributed by atoms with van der Waals surface area (Å²) >= 11 is 0. The number of carbonyl (C=O) groups excluding carboxylic acids is 1. The van der Waals surface area contributed by atoms with Crippen LogP contribution in [0.2, 0.25) is 0 Å². The van der Waals surface area contributed by atoms with Crippen LogP contribution in [0.3, 0.4) is 0 Å². The summed E-state index contributed by atoms with van der Waals surface area (Å²) in [5.41, 5.74) is 0. The Bertz CT molecular complexity index is 146. The highest BCUT2D eigenvalue weighted by atomic mass is 19.1. The van der Waals surface area contributed by atoms with Crippen molar-refractivity contribution in [1.29, 1.82) is 0 Å². The monoisotopic (exact) mass is 174 g/mol. The Labute approximate surface area is 71.9 Å². The smallest absolute Gasteiger partial charge is 0.236 e. The minimum Gasteiger partial charge on any atom is -0.342 e. The van der Waals surface area contributed by atoms with Crippen LogP contribution in [0.15, 0.2) is 0 Å². The molecule has 0 atom stereocenters. The maximum absolute atomic E-state index is 11.6. The summed E-state index contributed by atoms with van der Waals surface area (Å²) in [4.78, 5) is 13.1. The average Bonchev–Trinajstić information content (AvgIpc) is 2.56. The average molecular weight is 174 g/mol. The second kappa shape index (κ2) is 5.09. The third kappa shape index (κ3) is 2.77. The Kier molecular flexibility index (Phi) is 4.00. The lowest BCUT2D eigenvalue weighted by atomic mass is 10.4. The van der Waals surface area contributed by atoms with Gasteiger partial charge in [-0.05, 0) is 12.8 Å². The molecule has 0 aromatic rings. The zero-order valence-corrected chi connectivity index (χ0v) is 7.18. The quantitative estimate of drug-likeness (QED) is 0.616. The van der Waals surface area contributed by atoms with Crippen LogP contribution in [0, 0.1) is 0 Å². The fourth-order valence-electron chi connectivity index (χ4n) is 1.34. The van der Waals surface area contributed by atoms with Gasteiger partial charge in [0, 0.05) is 19.6 Å². The summed E-state index contributed by atoms with van der Waals surface area (Å²) in [6.45, 7) is 1.89. The first kappa shape index (κ1) is 9.45. The predicted molar refractivity (Wildman–Crippen MR) is 44.7 cm³/mol. The summed E-state index contributed by atoms with van der Waals surface area (Å²) in [5.74, 6) is 0.0981. The van der Waals surface area contributed by atoms with Crippen LogP contribution in [0.25, 0.3) is 0 Å².